The Kier molecular flexibility index (Phi) is 4.20. The van der Waals surface area contributed by atoms with Crippen LogP contribution >= 0.6 is 0 Å². The van der Waals surface area contributed by atoms with Gasteiger partial charge in [-0.15, -0.1) is 0 Å². The van der Waals surface area contributed by atoms with Crippen molar-refractivity contribution >= 4 is 0 Å². The van der Waals surface area contributed by atoms with Crippen molar-refractivity contribution in [3.05, 3.63) is 0 Å². The molecular weight excluding hydrogens is 160 g/mol. The number of nitrogens with zero attached hydrogens (tertiary/aromatic N) is 1. The van der Waals surface area contributed by atoms with Gasteiger partial charge in [-0.25, -0.2) is 0 Å². The molecular formula is C11H24N2. The molecule has 1 aliphatic rings. The van der Waals surface area contributed by atoms with Crippen molar-refractivity contribution in [3.63, 3.8) is 0 Å². The summed E-state index contributed by atoms with van der Waals surface area (Å²) < 4.78 is 0. The number of rotatable bonds is 5. The fraction of sp³-hybridized carbons (Fsp3) is 1.00. The number of hydrogen-bond acceptors (Lipinski definition) is 2. The molecule has 0 aromatic rings. The second-order valence-corrected chi connectivity index (χ2v) is 4.90. The van der Waals surface area contributed by atoms with E-state index in [4.69, 9.17) is 0 Å². The normalized spacial score (nSPS) is 22.4. The van der Waals surface area contributed by atoms with Crippen LogP contribution in [-0.2, 0) is 0 Å². The minimum Gasteiger partial charge on any atom is -0.317 e. The van der Waals surface area contributed by atoms with Gasteiger partial charge in [0.1, 0.15) is 0 Å². The van der Waals surface area contributed by atoms with Crippen LogP contribution in [0.4, 0.5) is 0 Å². The molecule has 0 bridgehead atoms. The zero-order chi connectivity index (χ0) is 9.73. The summed E-state index contributed by atoms with van der Waals surface area (Å²) in [6.45, 7) is 13.1. The first-order chi connectivity index (χ1) is 6.14. The zero-order valence-electron chi connectivity index (χ0n) is 9.40. The Morgan fingerprint density at radius 1 is 1.38 bits per heavy atom. The van der Waals surface area contributed by atoms with Gasteiger partial charge in [0.15, 0.2) is 0 Å². The molecule has 0 saturated carbocycles. The third kappa shape index (κ3) is 4.10. The van der Waals surface area contributed by atoms with Crippen LogP contribution in [0.3, 0.4) is 0 Å². The lowest BCUT2D eigenvalue weighted by Gasteiger charge is -2.19. The Balaban J connectivity index is 2.04. The molecule has 0 aromatic heterocycles. The molecule has 0 atom stereocenters. The Labute approximate surface area is 82.7 Å². The van der Waals surface area contributed by atoms with Crippen LogP contribution < -0.4 is 5.32 Å². The largest absolute Gasteiger partial charge is 0.317 e. The molecule has 78 valence electrons. The number of likely N-dealkylation sites (tertiary alicyclic amines) is 1. The van der Waals surface area contributed by atoms with Gasteiger partial charge in [0.2, 0.25) is 0 Å². The molecule has 1 heterocycles. The summed E-state index contributed by atoms with van der Waals surface area (Å²) in [5, 5.41) is 3.37. The van der Waals surface area contributed by atoms with Gasteiger partial charge in [0, 0.05) is 6.54 Å². The summed E-state index contributed by atoms with van der Waals surface area (Å²) in [6.07, 6.45) is 2.66. The standard InChI is InChI=1S/C11H24N2/c1-4-12-7-5-8-13-9-6-11(2,3)10-13/h12H,4-10H2,1-3H3. The van der Waals surface area contributed by atoms with Crippen LogP contribution in [0.15, 0.2) is 0 Å². The van der Waals surface area contributed by atoms with Crippen molar-refractivity contribution in [1.29, 1.82) is 0 Å². The van der Waals surface area contributed by atoms with Crippen LogP contribution in [0.25, 0.3) is 0 Å². The first kappa shape index (κ1) is 11.0. The summed E-state index contributed by atoms with van der Waals surface area (Å²) >= 11 is 0. The molecule has 0 unspecified atom stereocenters. The summed E-state index contributed by atoms with van der Waals surface area (Å²) in [6, 6.07) is 0. The summed E-state index contributed by atoms with van der Waals surface area (Å²) in [7, 11) is 0. The van der Waals surface area contributed by atoms with E-state index in [-0.39, 0.29) is 0 Å². The third-order valence-electron chi connectivity index (χ3n) is 2.83. The van der Waals surface area contributed by atoms with Crippen LogP contribution in [-0.4, -0.2) is 37.6 Å². The Hall–Kier alpha value is -0.0800. The number of hydrogen-bond donors (Lipinski definition) is 1. The molecule has 2 heteroatoms. The lowest BCUT2D eigenvalue weighted by molar-refractivity contribution is 0.287. The van der Waals surface area contributed by atoms with E-state index >= 15 is 0 Å². The molecule has 0 aromatic carbocycles. The fourth-order valence-electron chi connectivity index (χ4n) is 2.02. The van der Waals surface area contributed by atoms with Gasteiger partial charge in [-0.2, -0.15) is 0 Å². The maximum atomic E-state index is 3.37. The van der Waals surface area contributed by atoms with Crippen molar-refractivity contribution < 1.29 is 0 Å². The number of nitrogens with one attached hydrogen (secondary N) is 1. The highest BCUT2D eigenvalue weighted by Gasteiger charge is 2.28. The van der Waals surface area contributed by atoms with E-state index < -0.39 is 0 Å². The summed E-state index contributed by atoms with van der Waals surface area (Å²) in [5.74, 6) is 0. The van der Waals surface area contributed by atoms with Gasteiger partial charge in [-0.3, -0.25) is 0 Å². The van der Waals surface area contributed by atoms with E-state index in [1.54, 1.807) is 0 Å². The van der Waals surface area contributed by atoms with Crippen molar-refractivity contribution in [2.24, 2.45) is 5.41 Å². The van der Waals surface area contributed by atoms with Gasteiger partial charge >= 0.3 is 0 Å². The van der Waals surface area contributed by atoms with Crippen molar-refractivity contribution in [1.82, 2.24) is 10.2 Å². The lowest BCUT2D eigenvalue weighted by Crippen LogP contribution is -2.27. The van der Waals surface area contributed by atoms with Gasteiger partial charge in [-0.1, -0.05) is 20.8 Å². The third-order valence-corrected chi connectivity index (χ3v) is 2.83. The maximum absolute atomic E-state index is 3.37. The van der Waals surface area contributed by atoms with E-state index in [1.165, 1.54) is 39.0 Å². The smallest absolute Gasteiger partial charge is 0.00332 e. The zero-order valence-corrected chi connectivity index (χ0v) is 9.40. The molecule has 0 radical (unpaired) electrons. The molecule has 0 aliphatic carbocycles. The van der Waals surface area contributed by atoms with Crippen LogP contribution in [0.2, 0.25) is 0 Å². The molecule has 1 rings (SSSR count). The van der Waals surface area contributed by atoms with Crippen LogP contribution in [0, 0.1) is 5.41 Å². The van der Waals surface area contributed by atoms with E-state index in [2.05, 4.69) is 31.0 Å². The maximum Gasteiger partial charge on any atom is 0.00332 e. The average molecular weight is 184 g/mol. The highest BCUT2D eigenvalue weighted by atomic mass is 15.1. The summed E-state index contributed by atoms with van der Waals surface area (Å²) in [4.78, 5) is 2.59. The molecule has 1 fully saturated rings. The molecule has 1 aliphatic heterocycles. The minimum atomic E-state index is 0.568. The highest BCUT2D eigenvalue weighted by molar-refractivity contribution is 4.82. The van der Waals surface area contributed by atoms with Gasteiger partial charge in [-0.05, 0) is 44.4 Å². The Morgan fingerprint density at radius 2 is 2.15 bits per heavy atom. The van der Waals surface area contributed by atoms with Gasteiger partial charge < -0.3 is 10.2 Å². The van der Waals surface area contributed by atoms with E-state index in [0.717, 1.165) is 6.54 Å². The highest BCUT2D eigenvalue weighted by Crippen LogP contribution is 2.28. The molecule has 13 heavy (non-hydrogen) atoms. The van der Waals surface area contributed by atoms with Crippen molar-refractivity contribution in [2.45, 2.75) is 33.6 Å². The Bertz CT molecular complexity index is 143. The van der Waals surface area contributed by atoms with Gasteiger partial charge in [0.25, 0.3) is 0 Å². The predicted octanol–water partition coefficient (Wildman–Crippen LogP) is 1.72. The molecule has 1 N–H and O–H groups in total. The van der Waals surface area contributed by atoms with E-state index in [9.17, 15) is 0 Å². The SMILES string of the molecule is CCNCCCN1CCC(C)(C)C1. The fourth-order valence-corrected chi connectivity index (χ4v) is 2.02. The average Bonchev–Trinajstić information content (AvgIpc) is 2.40. The van der Waals surface area contributed by atoms with Crippen molar-refractivity contribution in [3.8, 4) is 0 Å². The second-order valence-electron chi connectivity index (χ2n) is 4.90. The first-order valence-electron chi connectivity index (χ1n) is 5.57. The molecule has 0 amide bonds. The molecule has 0 spiro atoms. The quantitative estimate of drug-likeness (QED) is 0.654. The van der Waals surface area contributed by atoms with Crippen molar-refractivity contribution in [2.75, 3.05) is 32.7 Å². The monoisotopic (exact) mass is 184 g/mol. The summed E-state index contributed by atoms with van der Waals surface area (Å²) in [5.41, 5.74) is 0.568. The lowest BCUT2D eigenvalue weighted by atomic mass is 9.93. The van der Waals surface area contributed by atoms with Gasteiger partial charge in [0.05, 0.1) is 0 Å². The van der Waals surface area contributed by atoms with E-state index in [0.29, 0.717) is 5.41 Å². The first-order valence-corrected chi connectivity index (χ1v) is 5.57. The minimum absolute atomic E-state index is 0.568. The Morgan fingerprint density at radius 3 is 2.69 bits per heavy atom. The molecule has 2 nitrogen and oxygen atoms in total. The second kappa shape index (κ2) is 4.97. The van der Waals surface area contributed by atoms with Crippen LogP contribution in [0.5, 0.6) is 0 Å². The molecule has 1 saturated heterocycles. The predicted molar refractivity (Wildman–Crippen MR) is 58.0 cm³/mol. The topological polar surface area (TPSA) is 15.3 Å². The van der Waals surface area contributed by atoms with Crippen LogP contribution in [0.1, 0.15) is 33.6 Å². The van der Waals surface area contributed by atoms with E-state index in [1.807, 2.05) is 0 Å².